The minimum Gasteiger partial charge on any atom is -0.481 e. The topological polar surface area (TPSA) is 37.4 Å². The van der Waals surface area contributed by atoms with Gasteiger partial charge in [0, 0.05) is 24.6 Å². The second-order valence-electron chi connectivity index (χ2n) is 6.49. The lowest BCUT2D eigenvalue weighted by molar-refractivity contribution is 0.0810. The lowest BCUT2D eigenvalue weighted by atomic mass is 9.77. The van der Waals surface area contributed by atoms with E-state index in [1.807, 2.05) is 12.1 Å². The van der Waals surface area contributed by atoms with Crippen molar-refractivity contribution in [3.8, 4) is 5.88 Å². The van der Waals surface area contributed by atoms with Gasteiger partial charge in [0.15, 0.2) is 5.11 Å². The molecule has 0 unspecified atom stereocenters. The Balaban J connectivity index is 1.53. The molecule has 1 aromatic carbocycles. The zero-order valence-corrected chi connectivity index (χ0v) is 14.6. The van der Waals surface area contributed by atoms with E-state index in [0.717, 1.165) is 30.8 Å². The molecule has 2 heterocycles. The Morgan fingerprint density at radius 1 is 1.38 bits per heavy atom. The van der Waals surface area contributed by atoms with Crippen LogP contribution in [0.3, 0.4) is 0 Å². The van der Waals surface area contributed by atoms with Gasteiger partial charge in [-0.05, 0) is 42.4 Å². The van der Waals surface area contributed by atoms with Crippen molar-refractivity contribution in [3.05, 3.63) is 54.0 Å². The number of pyridine rings is 1. The number of anilines is 1. The number of likely N-dealkylation sites (tertiary alicyclic amines) is 1. The highest BCUT2D eigenvalue weighted by atomic mass is 32.1. The molecule has 126 valence electrons. The van der Waals surface area contributed by atoms with Gasteiger partial charge >= 0.3 is 0 Å². The van der Waals surface area contributed by atoms with E-state index in [9.17, 15) is 4.39 Å². The Hall–Kier alpha value is -2.21. The molecule has 1 saturated heterocycles. The summed E-state index contributed by atoms with van der Waals surface area (Å²) < 4.78 is 18.3. The molecule has 1 aromatic heterocycles. The molecule has 0 amide bonds. The van der Waals surface area contributed by atoms with Gasteiger partial charge in [0.05, 0.1) is 19.0 Å². The minimum atomic E-state index is -0.184. The van der Waals surface area contributed by atoms with E-state index >= 15 is 0 Å². The second-order valence-corrected chi connectivity index (χ2v) is 6.88. The number of aromatic nitrogens is 1. The largest absolute Gasteiger partial charge is 0.481 e. The molecule has 3 rings (SSSR count). The van der Waals surface area contributed by atoms with Crippen molar-refractivity contribution in [2.75, 3.05) is 25.5 Å². The Bertz CT molecular complexity index is 729. The summed E-state index contributed by atoms with van der Waals surface area (Å²) >= 11 is 5.45. The van der Waals surface area contributed by atoms with Crippen molar-refractivity contribution >= 4 is 23.0 Å². The van der Waals surface area contributed by atoms with Crippen LogP contribution in [0.15, 0.2) is 42.6 Å². The van der Waals surface area contributed by atoms with Crippen LogP contribution in [0, 0.1) is 11.2 Å². The number of halogens is 1. The zero-order chi connectivity index (χ0) is 17.2. The maximum absolute atomic E-state index is 13.3. The molecule has 24 heavy (non-hydrogen) atoms. The van der Waals surface area contributed by atoms with Gasteiger partial charge < -0.3 is 15.0 Å². The molecule has 6 heteroatoms. The fourth-order valence-corrected chi connectivity index (χ4v) is 3.29. The number of thiocarbonyl (C=S) groups is 1. The van der Waals surface area contributed by atoms with Crippen molar-refractivity contribution in [2.45, 2.75) is 13.3 Å². The van der Waals surface area contributed by atoms with Crippen LogP contribution >= 0.6 is 12.2 Å². The average molecular weight is 345 g/mol. The molecule has 4 nitrogen and oxygen atoms in total. The van der Waals surface area contributed by atoms with Crippen LogP contribution in [0.1, 0.15) is 12.5 Å². The van der Waals surface area contributed by atoms with Gasteiger partial charge in [-0.1, -0.05) is 19.1 Å². The maximum Gasteiger partial charge on any atom is 0.213 e. The molecule has 0 atom stereocenters. The molecule has 1 N–H and O–H groups in total. The molecule has 0 aliphatic carbocycles. The first kappa shape index (κ1) is 16.6. The second kappa shape index (κ2) is 6.73. The van der Waals surface area contributed by atoms with Gasteiger partial charge in [0.1, 0.15) is 5.82 Å². The smallest absolute Gasteiger partial charge is 0.213 e. The molecule has 1 aliphatic rings. The molecule has 0 radical (unpaired) electrons. The summed E-state index contributed by atoms with van der Waals surface area (Å²) in [6, 6.07) is 10.5. The van der Waals surface area contributed by atoms with Crippen molar-refractivity contribution < 1.29 is 9.13 Å². The van der Waals surface area contributed by atoms with E-state index in [4.69, 9.17) is 17.0 Å². The van der Waals surface area contributed by atoms with Gasteiger partial charge in [-0.2, -0.15) is 0 Å². The quantitative estimate of drug-likeness (QED) is 0.859. The van der Waals surface area contributed by atoms with E-state index in [0.29, 0.717) is 11.0 Å². The van der Waals surface area contributed by atoms with E-state index in [1.165, 1.54) is 6.07 Å². The van der Waals surface area contributed by atoms with Crippen LogP contribution in [0.25, 0.3) is 0 Å². The number of ether oxygens (including phenoxy) is 1. The standard InChI is InChI=1S/C18H20FN3OS/c1-18(9-13-4-3-5-14(19)8-13)11-22(12-18)17(24)21-15-6-7-16(23-2)20-10-15/h3-8,10H,9,11-12H2,1-2H3,(H,21,24). The molecule has 0 bridgehead atoms. The van der Waals surface area contributed by atoms with E-state index in [1.54, 1.807) is 31.5 Å². The van der Waals surface area contributed by atoms with E-state index < -0.39 is 0 Å². The minimum absolute atomic E-state index is 0.109. The lowest BCUT2D eigenvalue weighted by Gasteiger charge is -2.49. The summed E-state index contributed by atoms with van der Waals surface area (Å²) in [6.07, 6.45) is 2.53. The van der Waals surface area contributed by atoms with E-state index in [-0.39, 0.29) is 11.2 Å². The number of methoxy groups -OCH3 is 1. The van der Waals surface area contributed by atoms with Gasteiger partial charge in [0.2, 0.25) is 5.88 Å². The van der Waals surface area contributed by atoms with Crippen molar-refractivity contribution in [1.82, 2.24) is 9.88 Å². The Morgan fingerprint density at radius 3 is 2.79 bits per heavy atom. The van der Waals surface area contributed by atoms with E-state index in [2.05, 4.69) is 22.1 Å². The predicted molar refractivity (Wildman–Crippen MR) is 96.8 cm³/mol. The Labute approximate surface area is 146 Å². The lowest BCUT2D eigenvalue weighted by Crippen LogP contribution is -2.58. The summed E-state index contributed by atoms with van der Waals surface area (Å²) in [5.41, 5.74) is 1.97. The first-order chi connectivity index (χ1) is 11.5. The Morgan fingerprint density at radius 2 is 2.17 bits per heavy atom. The van der Waals surface area contributed by atoms with Crippen molar-refractivity contribution in [2.24, 2.45) is 5.41 Å². The number of hydrogen-bond donors (Lipinski definition) is 1. The van der Waals surface area contributed by atoms with Gasteiger partial charge in [-0.15, -0.1) is 0 Å². The molecule has 0 saturated carbocycles. The fraction of sp³-hybridized carbons (Fsp3) is 0.333. The SMILES string of the molecule is COc1ccc(NC(=S)N2CC(C)(Cc3cccc(F)c3)C2)cn1. The zero-order valence-electron chi connectivity index (χ0n) is 13.8. The predicted octanol–water partition coefficient (Wildman–Crippen LogP) is 3.49. The molecular weight excluding hydrogens is 325 g/mol. The monoisotopic (exact) mass is 345 g/mol. The van der Waals surface area contributed by atoms with Gasteiger partial charge in [0.25, 0.3) is 0 Å². The summed E-state index contributed by atoms with van der Waals surface area (Å²) in [4.78, 5) is 6.26. The number of nitrogens with one attached hydrogen (secondary N) is 1. The average Bonchev–Trinajstić information content (AvgIpc) is 2.53. The third-order valence-electron chi connectivity index (χ3n) is 4.15. The van der Waals surface area contributed by atoms with Crippen LogP contribution in [0.2, 0.25) is 0 Å². The van der Waals surface area contributed by atoms with Crippen LogP contribution in [-0.2, 0) is 6.42 Å². The van der Waals surface area contributed by atoms with Crippen LogP contribution < -0.4 is 10.1 Å². The first-order valence-electron chi connectivity index (χ1n) is 7.78. The number of benzene rings is 1. The first-order valence-corrected chi connectivity index (χ1v) is 8.19. The molecule has 1 aliphatic heterocycles. The maximum atomic E-state index is 13.3. The molecule has 1 fully saturated rings. The number of hydrogen-bond acceptors (Lipinski definition) is 3. The van der Waals surface area contributed by atoms with Crippen molar-refractivity contribution in [1.29, 1.82) is 0 Å². The third kappa shape index (κ3) is 3.82. The normalized spacial score (nSPS) is 15.5. The third-order valence-corrected chi connectivity index (χ3v) is 4.51. The van der Waals surface area contributed by atoms with Crippen molar-refractivity contribution in [3.63, 3.8) is 0 Å². The number of rotatable bonds is 4. The Kier molecular flexibility index (Phi) is 4.66. The fourth-order valence-electron chi connectivity index (χ4n) is 3.05. The van der Waals surface area contributed by atoms with Crippen LogP contribution in [-0.4, -0.2) is 35.2 Å². The highest BCUT2D eigenvalue weighted by Crippen LogP contribution is 2.34. The van der Waals surface area contributed by atoms with Crippen LogP contribution in [0.5, 0.6) is 5.88 Å². The summed E-state index contributed by atoms with van der Waals surface area (Å²) in [5, 5.41) is 3.86. The molecule has 0 spiro atoms. The number of nitrogens with zero attached hydrogens (tertiary/aromatic N) is 2. The van der Waals surface area contributed by atoms with Gasteiger partial charge in [-0.25, -0.2) is 9.37 Å². The van der Waals surface area contributed by atoms with Crippen LogP contribution in [0.4, 0.5) is 10.1 Å². The summed E-state index contributed by atoms with van der Waals surface area (Å²) in [7, 11) is 1.58. The summed E-state index contributed by atoms with van der Waals surface area (Å²) in [5.74, 6) is 0.384. The summed E-state index contributed by atoms with van der Waals surface area (Å²) in [6.45, 7) is 3.89. The molecular formula is C18H20FN3OS. The highest BCUT2D eigenvalue weighted by molar-refractivity contribution is 7.80. The highest BCUT2D eigenvalue weighted by Gasteiger charge is 2.39. The van der Waals surface area contributed by atoms with Gasteiger partial charge in [-0.3, -0.25) is 0 Å². The molecule has 2 aromatic rings.